The Kier molecular flexibility index (Phi) is 6.63. The third-order valence-electron chi connectivity index (χ3n) is 4.44. The Bertz CT molecular complexity index is 678. The van der Waals surface area contributed by atoms with Gasteiger partial charge < -0.3 is 9.47 Å². The number of benzene rings is 1. The number of imide groups is 1. The molecule has 2 atom stereocenters. The summed E-state index contributed by atoms with van der Waals surface area (Å²) in [5.74, 6) is -1.57. The van der Waals surface area contributed by atoms with Gasteiger partial charge in [0.25, 0.3) is 0 Å². The van der Waals surface area contributed by atoms with Gasteiger partial charge in [0.1, 0.15) is 12.2 Å². The second kappa shape index (κ2) is 8.55. The summed E-state index contributed by atoms with van der Waals surface area (Å²) in [4.78, 5) is 38.8. The molecule has 6 heteroatoms. The molecule has 1 aliphatic rings. The van der Waals surface area contributed by atoms with Crippen LogP contribution in [0.5, 0.6) is 0 Å². The lowest BCUT2D eigenvalue weighted by Crippen LogP contribution is -2.45. The van der Waals surface area contributed by atoms with E-state index in [0.717, 1.165) is 5.56 Å². The molecule has 148 valence electrons. The van der Waals surface area contributed by atoms with Gasteiger partial charge in [-0.05, 0) is 38.7 Å². The molecule has 0 saturated carbocycles. The molecule has 0 N–H and O–H groups in total. The lowest BCUT2D eigenvalue weighted by molar-refractivity contribution is -0.159. The van der Waals surface area contributed by atoms with Gasteiger partial charge in [-0.3, -0.25) is 9.59 Å². The molecule has 0 spiro atoms. The Morgan fingerprint density at radius 3 is 2.41 bits per heavy atom. The van der Waals surface area contributed by atoms with Crippen molar-refractivity contribution in [2.45, 2.75) is 59.1 Å². The zero-order valence-corrected chi connectivity index (χ0v) is 16.7. The molecule has 2 amide bonds. The summed E-state index contributed by atoms with van der Waals surface area (Å²) < 4.78 is 10.5. The second-order valence-corrected chi connectivity index (χ2v) is 8.27. The highest BCUT2D eigenvalue weighted by molar-refractivity contribution is 5.96. The van der Waals surface area contributed by atoms with Crippen molar-refractivity contribution in [1.29, 1.82) is 0 Å². The average molecular weight is 375 g/mol. The molecule has 1 saturated heterocycles. The van der Waals surface area contributed by atoms with Crippen LogP contribution < -0.4 is 0 Å². The van der Waals surface area contributed by atoms with Crippen LogP contribution in [0, 0.1) is 11.8 Å². The molecule has 0 unspecified atom stereocenters. The molecule has 1 aromatic rings. The maximum atomic E-state index is 13.1. The molecular weight excluding hydrogens is 346 g/mol. The largest absolute Gasteiger partial charge is 0.460 e. The monoisotopic (exact) mass is 375 g/mol. The van der Waals surface area contributed by atoms with Gasteiger partial charge in [-0.2, -0.15) is 0 Å². The van der Waals surface area contributed by atoms with Gasteiger partial charge in [-0.15, -0.1) is 0 Å². The first-order chi connectivity index (χ1) is 12.6. The molecule has 0 aromatic heterocycles. The van der Waals surface area contributed by atoms with Crippen molar-refractivity contribution in [3.05, 3.63) is 35.9 Å². The topological polar surface area (TPSA) is 72.9 Å². The van der Waals surface area contributed by atoms with Gasteiger partial charge in [0, 0.05) is 0 Å². The Labute approximate surface area is 160 Å². The van der Waals surface area contributed by atoms with E-state index in [9.17, 15) is 14.4 Å². The maximum absolute atomic E-state index is 13.1. The van der Waals surface area contributed by atoms with Gasteiger partial charge in [-0.1, -0.05) is 44.2 Å². The summed E-state index contributed by atoms with van der Waals surface area (Å²) in [5, 5.41) is 0. The number of carbonyl (C=O) groups is 3. The molecule has 2 rings (SSSR count). The highest BCUT2D eigenvalue weighted by Gasteiger charge is 2.42. The number of nitrogens with zero attached hydrogens (tertiary/aromatic N) is 1. The van der Waals surface area contributed by atoms with Crippen molar-refractivity contribution in [1.82, 2.24) is 4.90 Å². The second-order valence-electron chi connectivity index (χ2n) is 8.27. The van der Waals surface area contributed by atoms with Crippen molar-refractivity contribution < 1.29 is 23.9 Å². The number of hydrogen-bond acceptors (Lipinski definition) is 5. The minimum atomic E-state index is -0.643. The molecule has 0 radical (unpaired) electrons. The van der Waals surface area contributed by atoms with E-state index in [0.29, 0.717) is 6.42 Å². The van der Waals surface area contributed by atoms with E-state index in [4.69, 9.17) is 9.47 Å². The van der Waals surface area contributed by atoms with Crippen LogP contribution in [0.2, 0.25) is 0 Å². The van der Waals surface area contributed by atoms with Gasteiger partial charge in [0.05, 0.1) is 18.4 Å². The molecule has 6 nitrogen and oxygen atoms in total. The Balaban J connectivity index is 2.14. The zero-order chi connectivity index (χ0) is 20.2. The van der Waals surface area contributed by atoms with Crippen LogP contribution >= 0.6 is 0 Å². The number of hydrogen-bond donors (Lipinski definition) is 0. The summed E-state index contributed by atoms with van der Waals surface area (Å²) in [6.07, 6.45) is -0.179. The predicted molar refractivity (Wildman–Crippen MR) is 101 cm³/mol. The minimum absolute atomic E-state index is 0.0599. The van der Waals surface area contributed by atoms with Crippen LogP contribution in [0.15, 0.2) is 30.3 Å². The van der Waals surface area contributed by atoms with Crippen LogP contribution in [0.4, 0.5) is 4.79 Å². The first-order valence-electron chi connectivity index (χ1n) is 9.34. The van der Waals surface area contributed by atoms with Crippen LogP contribution in [0.1, 0.15) is 46.6 Å². The van der Waals surface area contributed by atoms with Crippen LogP contribution in [0.3, 0.4) is 0 Å². The first kappa shape index (κ1) is 20.9. The summed E-state index contributed by atoms with van der Waals surface area (Å²) >= 11 is 0. The maximum Gasteiger partial charge on any atom is 0.416 e. The Morgan fingerprint density at radius 1 is 1.22 bits per heavy atom. The predicted octanol–water partition coefficient (Wildman–Crippen LogP) is 3.58. The number of cyclic esters (lactones) is 1. The van der Waals surface area contributed by atoms with E-state index in [1.165, 1.54) is 4.90 Å². The van der Waals surface area contributed by atoms with Crippen LogP contribution in [0.25, 0.3) is 0 Å². The summed E-state index contributed by atoms with van der Waals surface area (Å²) in [5.41, 5.74) is 0.399. The molecule has 1 heterocycles. The van der Waals surface area contributed by atoms with Crippen LogP contribution in [-0.2, 0) is 25.5 Å². The summed E-state index contributed by atoms with van der Waals surface area (Å²) in [7, 11) is 0. The molecule has 0 aliphatic carbocycles. The highest BCUT2D eigenvalue weighted by atomic mass is 16.6. The fourth-order valence-electron chi connectivity index (χ4n) is 3.12. The Morgan fingerprint density at radius 2 is 1.85 bits per heavy atom. The molecule has 1 aromatic carbocycles. The summed E-state index contributed by atoms with van der Waals surface area (Å²) in [6, 6.07) is 9.28. The average Bonchev–Trinajstić information content (AvgIpc) is 2.91. The smallest absolute Gasteiger partial charge is 0.416 e. The van der Waals surface area contributed by atoms with Crippen LogP contribution in [-0.4, -0.2) is 41.1 Å². The number of amides is 2. The van der Waals surface area contributed by atoms with E-state index in [-0.39, 0.29) is 30.9 Å². The number of carbonyl (C=O) groups excluding carboxylic acids is 3. The highest BCUT2D eigenvalue weighted by Crippen LogP contribution is 2.26. The SMILES string of the molecule is CC(C)[C@H](CC(=O)OC(C)(C)C)C(=O)N1C(=O)OC[C@@H]1Cc1ccccc1. The quantitative estimate of drug-likeness (QED) is 0.711. The molecule has 1 fully saturated rings. The van der Waals surface area contributed by atoms with Crippen molar-refractivity contribution in [2.75, 3.05) is 6.61 Å². The van der Waals surface area contributed by atoms with E-state index < -0.39 is 23.6 Å². The van der Waals surface area contributed by atoms with E-state index in [1.54, 1.807) is 20.8 Å². The van der Waals surface area contributed by atoms with Crippen molar-refractivity contribution in [2.24, 2.45) is 11.8 Å². The van der Waals surface area contributed by atoms with E-state index in [1.807, 2.05) is 44.2 Å². The van der Waals surface area contributed by atoms with E-state index >= 15 is 0 Å². The van der Waals surface area contributed by atoms with Crippen molar-refractivity contribution in [3.63, 3.8) is 0 Å². The van der Waals surface area contributed by atoms with E-state index in [2.05, 4.69) is 0 Å². The van der Waals surface area contributed by atoms with Gasteiger partial charge in [0.2, 0.25) is 5.91 Å². The molecular formula is C21H29NO5. The van der Waals surface area contributed by atoms with Crippen molar-refractivity contribution in [3.8, 4) is 0 Å². The molecule has 27 heavy (non-hydrogen) atoms. The molecule has 0 bridgehead atoms. The Hall–Kier alpha value is -2.37. The minimum Gasteiger partial charge on any atom is -0.460 e. The standard InChI is InChI=1S/C21H29NO5/c1-14(2)17(12-18(23)27-21(3,4)5)19(24)22-16(13-26-20(22)25)11-15-9-7-6-8-10-15/h6-10,14,16-17H,11-13H2,1-5H3/t16-,17-/m0/s1. The van der Waals surface area contributed by atoms with Gasteiger partial charge in [0.15, 0.2) is 0 Å². The lowest BCUT2D eigenvalue weighted by atomic mass is 9.90. The fourth-order valence-corrected chi connectivity index (χ4v) is 3.12. The molecule has 1 aliphatic heterocycles. The first-order valence-corrected chi connectivity index (χ1v) is 9.34. The van der Waals surface area contributed by atoms with Gasteiger partial charge >= 0.3 is 12.1 Å². The van der Waals surface area contributed by atoms with Crippen molar-refractivity contribution >= 4 is 18.0 Å². The lowest BCUT2D eigenvalue weighted by Gasteiger charge is -2.28. The number of ether oxygens (including phenoxy) is 2. The normalized spacial score (nSPS) is 18.4. The van der Waals surface area contributed by atoms with Gasteiger partial charge in [-0.25, -0.2) is 9.69 Å². The number of rotatable bonds is 6. The third kappa shape index (κ3) is 5.81. The number of esters is 1. The summed E-state index contributed by atoms with van der Waals surface area (Å²) in [6.45, 7) is 9.23. The fraction of sp³-hybridized carbons (Fsp3) is 0.571. The zero-order valence-electron chi connectivity index (χ0n) is 16.7. The third-order valence-corrected chi connectivity index (χ3v) is 4.44.